The maximum absolute atomic E-state index is 11.3. The van der Waals surface area contributed by atoms with Crippen LogP contribution in [0.1, 0.15) is 31.4 Å². The lowest BCUT2D eigenvalue weighted by Crippen LogP contribution is -2.43. The first-order valence-electron chi connectivity index (χ1n) is 8.29. The van der Waals surface area contributed by atoms with Crippen molar-refractivity contribution < 1.29 is 8.42 Å². The summed E-state index contributed by atoms with van der Waals surface area (Å²) in [6.45, 7) is 5.07. The summed E-state index contributed by atoms with van der Waals surface area (Å²) < 4.78 is 24.5. The van der Waals surface area contributed by atoms with Gasteiger partial charge in [0.2, 0.25) is 0 Å². The van der Waals surface area contributed by atoms with Crippen molar-refractivity contribution in [2.24, 2.45) is 12.0 Å². The van der Waals surface area contributed by atoms with Crippen LogP contribution in [0, 0.1) is 6.92 Å². The lowest BCUT2D eigenvalue weighted by atomic mass is 10.3. The fourth-order valence-electron chi connectivity index (χ4n) is 2.01. The van der Waals surface area contributed by atoms with Gasteiger partial charge in [0.25, 0.3) is 0 Å². The van der Waals surface area contributed by atoms with Crippen molar-refractivity contribution in [3.63, 3.8) is 0 Å². The van der Waals surface area contributed by atoms with E-state index in [9.17, 15) is 8.42 Å². The van der Waals surface area contributed by atoms with Crippen LogP contribution in [0.25, 0.3) is 0 Å². The number of aromatic nitrogens is 3. The number of aliphatic imine (C=N–C) groups is 1. The largest absolute Gasteiger partial charge is 0.356 e. The fraction of sp³-hybridized carbons (Fsp3) is 0.800. The summed E-state index contributed by atoms with van der Waals surface area (Å²) in [5, 5.41) is 14.7. The van der Waals surface area contributed by atoms with E-state index in [1.54, 1.807) is 11.8 Å². The molecule has 0 aliphatic carbocycles. The second kappa shape index (κ2) is 12.8. The van der Waals surface area contributed by atoms with Crippen molar-refractivity contribution >= 4 is 51.5 Å². The molecular formula is C15H31IN6O2S2. The quantitative estimate of drug-likeness (QED) is 0.209. The van der Waals surface area contributed by atoms with Gasteiger partial charge in [0, 0.05) is 25.9 Å². The predicted octanol–water partition coefficient (Wildman–Crippen LogP) is 1.35. The van der Waals surface area contributed by atoms with Gasteiger partial charge in [-0.15, -0.1) is 34.2 Å². The molecule has 1 atom stereocenters. The molecule has 1 rings (SSSR count). The molecule has 1 unspecified atom stereocenters. The van der Waals surface area contributed by atoms with Crippen LogP contribution in [0.3, 0.4) is 0 Å². The molecule has 26 heavy (non-hydrogen) atoms. The van der Waals surface area contributed by atoms with Gasteiger partial charge in [-0.2, -0.15) is 11.8 Å². The zero-order chi connectivity index (χ0) is 18.9. The highest BCUT2D eigenvalue weighted by molar-refractivity contribution is 14.0. The molecule has 2 N–H and O–H groups in total. The number of thioether (sulfide) groups is 1. The molecule has 8 nitrogen and oxygen atoms in total. The van der Waals surface area contributed by atoms with Crippen LogP contribution in [0.2, 0.25) is 0 Å². The van der Waals surface area contributed by atoms with Crippen molar-refractivity contribution in [2.75, 3.05) is 30.6 Å². The molecule has 0 aromatic carbocycles. The van der Waals surface area contributed by atoms with Crippen LogP contribution < -0.4 is 10.6 Å². The second-order valence-electron chi connectivity index (χ2n) is 6.12. The molecule has 0 spiro atoms. The third-order valence-corrected chi connectivity index (χ3v) is 5.36. The highest BCUT2D eigenvalue weighted by Gasteiger charge is 2.10. The highest BCUT2D eigenvalue weighted by Crippen LogP contribution is 2.00. The van der Waals surface area contributed by atoms with Crippen LogP contribution in [-0.4, -0.2) is 65.7 Å². The lowest BCUT2D eigenvalue weighted by Gasteiger charge is -2.18. The minimum absolute atomic E-state index is 0. The van der Waals surface area contributed by atoms with E-state index in [-0.39, 0.29) is 35.8 Å². The van der Waals surface area contributed by atoms with E-state index >= 15 is 0 Å². The van der Waals surface area contributed by atoms with E-state index in [1.807, 2.05) is 25.5 Å². The van der Waals surface area contributed by atoms with Gasteiger partial charge in [0.15, 0.2) is 11.8 Å². The van der Waals surface area contributed by atoms with Crippen LogP contribution in [0.5, 0.6) is 0 Å². The van der Waals surface area contributed by atoms with Crippen molar-refractivity contribution in [2.45, 2.75) is 39.3 Å². The Morgan fingerprint density at radius 1 is 1.38 bits per heavy atom. The number of nitrogens with zero attached hydrogens (tertiary/aromatic N) is 4. The molecule has 11 heteroatoms. The maximum Gasteiger partial charge on any atom is 0.191 e. The average Bonchev–Trinajstić information content (AvgIpc) is 2.85. The number of guanidine groups is 1. The van der Waals surface area contributed by atoms with Crippen molar-refractivity contribution in [3.05, 3.63) is 11.6 Å². The van der Waals surface area contributed by atoms with Gasteiger partial charge < -0.3 is 15.2 Å². The molecule has 1 heterocycles. The van der Waals surface area contributed by atoms with E-state index < -0.39 is 9.84 Å². The van der Waals surface area contributed by atoms with Gasteiger partial charge >= 0.3 is 0 Å². The molecule has 0 radical (unpaired) electrons. The zero-order valence-corrected chi connectivity index (χ0v) is 20.1. The molecular weight excluding hydrogens is 487 g/mol. The van der Waals surface area contributed by atoms with Crippen molar-refractivity contribution in [3.8, 4) is 0 Å². The Kier molecular flexibility index (Phi) is 12.5. The fourth-order valence-corrected chi connectivity index (χ4v) is 3.23. The van der Waals surface area contributed by atoms with E-state index in [2.05, 4.69) is 32.1 Å². The third-order valence-electron chi connectivity index (χ3n) is 3.68. The first-order chi connectivity index (χ1) is 11.7. The first-order valence-corrected chi connectivity index (χ1v) is 11.7. The Labute approximate surface area is 178 Å². The van der Waals surface area contributed by atoms with Gasteiger partial charge in [-0.1, -0.05) is 0 Å². The van der Waals surface area contributed by atoms with Gasteiger partial charge in [-0.25, -0.2) is 13.4 Å². The summed E-state index contributed by atoms with van der Waals surface area (Å²) >= 11 is 1.80. The Morgan fingerprint density at radius 2 is 2.08 bits per heavy atom. The minimum Gasteiger partial charge on any atom is -0.356 e. The molecule has 152 valence electrons. The molecule has 0 bridgehead atoms. The molecule has 0 aliphatic rings. The maximum atomic E-state index is 11.3. The Bertz CT molecular complexity index is 663. The van der Waals surface area contributed by atoms with Crippen LogP contribution in [0.4, 0.5) is 0 Å². The number of hydrogen-bond donors (Lipinski definition) is 2. The Balaban J connectivity index is 0.00000625. The second-order valence-corrected chi connectivity index (χ2v) is 9.37. The number of rotatable bonds is 10. The number of hydrogen-bond acceptors (Lipinski definition) is 6. The normalized spacial score (nSPS) is 13.2. The van der Waals surface area contributed by atoms with E-state index in [0.29, 0.717) is 18.9 Å². The van der Waals surface area contributed by atoms with E-state index in [0.717, 1.165) is 30.4 Å². The molecule has 0 aliphatic heterocycles. The first kappa shape index (κ1) is 25.4. The monoisotopic (exact) mass is 518 g/mol. The zero-order valence-electron chi connectivity index (χ0n) is 16.2. The molecule has 0 saturated heterocycles. The topological polar surface area (TPSA) is 101 Å². The SMILES string of the molecule is CSCCCNC(=NCc1nnc(C)n1C)NC(C)CCS(C)(=O)=O.I. The summed E-state index contributed by atoms with van der Waals surface area (Å²) in [7, 11) is -1.05. The molecule has 0 amide bonds. The Morgan fingerprint density at radius 3 is 2.62 bits per heavy atom. The van der Waals surface area contributed by atoms with Crippen LogP contribution >= 0.6 is 35.7 Å². The van der Waals surface area contributed by atoms with Crippen molar-refractivity contribution in [1.29, 1.82) is 0 Å². The predicted molar refractivity (Wildman–Crippen MR) is 120 cm³/mol. The Hall–Kier alpha value is -0.560. The molecule has 1 aromatic heterocycles. The van der Waals surface area contributed by atoms with Gasteiger partial charge in [0.1, 0.15) is 22.2 Å². The summed E-state index contributed by atoms with van der Waals surface area (Å²) in [4.78, 5) is 4.57. The average molecular weight is 518 g/mol. The third kappa shape index (κ3) is 10.6. The summed E-state index contributed by atoms with van der Waals surface area (Å²) in [6.07, 6.45) is 4.90. The van der Waals surface area contributed by atoms with Gasteiger partial charge in [0.05, 0.1) is 5.75 Å². The van der Waals surface area contributed by atoms with Gasteiger partial charge in [-0.05, 0) is 38.7 Å². The lowest BCUT2D eigenvalue weighted by molar-refractivity contribution is 0.580. The van der Waals surface area contributed by atoms with E-state index in [1.165, 1.54) is 6.26 Å². The smallest absolute Gasteiger partial charge is 0.191 e. The van der Waals surface area contributed by atoms with Gasteiger partial charge in [-0.3, -0.25) is 0 Å². The van der Waals surface area contributed by atoms with Crippen LogP contribution in [0.15, 0.2) is 4.99 Å². The number of aryl methyl sites for hydroxylation is 1. The summed E-state index contributed by atoms with van der Waals surface area (Å²) in [5.41, 5.74) is 0. The number of halogens is 1. The van der Waals surface area contributed by atoms with Crippen LogP contribution in [-0.2, 0) is 23.4 Å². The van der Waals surface area contributed by atoms with E-state index in [4.69, 9.17) is 0 Å². The highest BCUT2D eigenvalue weighted by atomic mass is 127. The number of nitrogens with one attached hydrogen (secondary N) is 2. The molecule has 1 aromatic rings. The summed E-state index contributed by atoms with van der Waals surface area (Å²) in [6, 6.07) is 0.00255. The molecule has 0 fully saturated rings. The number of sulfone groups is 1. The molecule has 0 saturated carbocycles. The standard InChI is InChI=1S/C15H30N6O2S2.HI/c1-12(7-10-25(5,22)23)18-15(16-8-6-9-24-4)17-11-14-20-19-13(2)21(14)3;/h12H,6-11H2,1-5H3,(H2,16,17,18);1H. The van der Waals surface area contributed by atoms with Crippen molar-refractivity contribution in [1.82, 2.24) is 25.4 Å². The summed E-state index contributed by atoms with van der Waals surface area (Å²) in [5.74, 6) is 3.53. The minimum atomic E-state index is -2.96.